The molecule has 15 heavy (non-hydrogen) atoms. The van der Waals surface area contributed by atoms with Gasteiger partial charge in [-0.15, -0.1) is 0 Å². The van der Waals surface area contributed by atoms with Crippen molar-refractivity contribution < 1.29 is 9.53 Å². The van der Waals surface area contributed by atoms with Gasteiger partial charge in [0, 0.05) is 17.5 Å². The summed E-state index contributed by atoms with van der Waals surface area (Å²) in [5.41, 5.74) is 1.98. The van der Waals surface area contributed by atoms with Crippen LogP contribution < -0.4 is 4.74 Å². The van der Waals surface area contributed by atoms with E-state index in [0.717, 1.165) is 42.7 Å². The van der Waals surface area contributed by atoms with E-state index in [9.17, 15) is 4.79 Å². The first kappa shape index (κ1) is 10.2. The molecule has 0 atom stereocenters. The molecule has 0 saturated heterocycles. The lowest BCUT2D eigenvalue weighted by atomic mass is 9.90. The lowest BCUT2D eigenvalue weighted by molar-refractivity contribution is 0.0971. The molecule has 0 N–H and O–H groups in total. The van der Waals surface area contributed by atoms with Gasteiger partial charge in [0.25, 0.3) is 0 Å². The summed E-state index contributed by atoms with van der Waals surface area (Å²) in [5.74, 6) is 1.17. The average Bonchev–Trinajstić information content (AvgIpc) is 2.27. The van der Waals surface area contributed by atoms with Crippen LogP contribution in [0.4, 0.5) is 0 Å². The van der Waals surface area contributed by atoms with Crippen LogP contribution in [-0.2, 0) is 6.42 Å². The van der Waals surface area contributed by atoms with Crippen molar-refractivity contribution in [2.45, 2.75) is 32.6 Å². The van der Waals surface area contributed by atoms with Crippen LogP contribution in [0.5, 0.6) is 5.75 Å². The summed E-state index contributed by atoms with van der Waals surface area (Å²) in [6.07, 6.45) is 3.61. The first-order valence-corrected chi connectivity index (χ1v) is 5.61. The molecule has 1 aromatic carbocycles. The molecular weight excluding hydrogens is 188 g/mol. The zero-order chi connectivity index (χ0) is 10.7. The van der Waals surface area contributed by atoms with Crippen molar-refractivity contribution in [2.24, 2.45) is 0 Å². The number of fused-ring (bicyclic) bond motifs is 1. The quantitative estimate of drug-likeness (QED) is 0.756. The number of carbonyl (C=O) groups excluding carboxylic acids is 1. The van der Waals surface area contributed by atoms with Crippen molar-refractivity contribution in [3.8, 4) is 5.75 Å². The van der Waals surface area contributed by atoms with Crippen molar-refractivity contribution in [3.63, 3.8) is 0 Å². The monoisotopic (exact) mass is 204 g/mol. The van der Waals surface area contributed by atoms with Crippen molar-refractivity contribution in [1.29, 1.82) is 0 Å². The van der Waals surface area contributed by atoms with E-state index < -0.39 is 0 Å². The van der Waals surface area contributed by atoms with Gasteiger partial charge < -0.3 is 4.74 Å². The normalized spacial score (nSPS) is 14.9. The fourth-order valence-electron chi connectivity index (χ4n) is 1.99. The Kier molecular flexibility index (Phi) is 3.05. The van der Waals surface area contributed by atoms with E-state index in [2.05, 4.69) is 6.92 Å². The van der Waals surface area contributed by atoms with Crippen LogP contribution in [0.15, 0.2) is 18.2 Å². The number of Topliss-reactive ketones (excluding diaryl/α,β-unsaturated/α-hetero) is 1. The van der Waals surface area contributed by atoms with E-state index in [1.165, 1.54) is 0 Å². The maximum atomic E-state index is 11.7. The second kappa shape index (κ2) is 4.47. The Labute approximate surface area is 90.3 Å². The predicted octanol–water partition coefficient (Wildman–Crippen LogP) is 2.99. The lowest BCUT2D eigenvalue weighted by Gasteiger charge is -2.18. The zero-order valence-electron chi connectivity index (χ0n) is 9.08. The van der Waals surface area contributed by atoms with Crippen LogP contribution in [0.2, 0.25) is 0 Å². The lowest BCUT2D eigenvalue weighted by Crippen LogP contribution is -2.12. The molecule has 80 valence electrons. The number of benzene rings is 1. The van der Waals surface area contributed by atoms with E-state index in [0.29, 0.717) is 6.42 Å². The summed E-state index contributed by atoms with van der Waals surface area (Å²) in [5, 5.41) is 0. The van der Waals surface area contributed by atoms with Crippen molar-refractivity contribution in [3.05, 3.63) is 29.3 Å². The fraction of sp³-hybridized carbons (Fsp3) is 0.462. The molecule has 0 fully saturated rings. The maximum Gasteiger partial charge on any atom is 0.163 e. The highest BCUT2D eigenvalue weighted by Crippen LogP contribution is 2.29. The zero-order valence-corrected chi connectivity index (χ0v) is 9.08. The SMILES string of the molecule is CCCOc1cccc2c1CCCC2=O. The van der Waals surface area contributed by atoms with Gasteiger partial charge in [0.15, 0.2) is 5.78 Å². The molecular formula is C13H16O2. The summed E-state index contributed by atoms with van der Waals surface area (Å²) in [6, 6.07) is 5.79. The van der Waals surface area contributed by atoms with Crippen LogP contribution in [0.25, 0.3) is 0 Å². The standard InChI is InChI=1S/C13H16O2/c1-2-9-15-13-8-4-5-10-11(13)6-3-7-12(10)14/h4-5,8H,2-3,6-7,9H2,1H3. The third-order valence-electron chi connectivity index (χ3n) is 2.73. The van der Waals surface area contributed by atoms with Crippen molar-refractivity contribution in [2.75, 3.05) is 6.61 Å². The molecule has 0 bridgehead atoms. The molecule has 0 heterocycles. The molecule has 0 spiro atoms. The van der Waals surface area contributed by atoms with E-state index in [4.69, 9.17) is 4.74 Å². The van der Waals surface area contributed by atoms with Crippen molar-refractivity contribution in [1.82, 2.24) is 0 Å². The number of carbonyl (C=O) groups is 1. The second-order valence-electron chi connectivity index (χ2n) is 3.91. The Bertz CT molecular complexity index is 369. The maximum absolute atomic E-state index is 11.7. The summed E-state index contributed by atoms with van der Waals surface area (Å²) in [7, 11) is 0. The highest BCUT2D eigenvalue weighted by molar-refractivity contribution is 5.99. The van der Waals surface area contributed by atoms with Crippen LogP contribution in [0, 0.1) is 0 Å². The molecule has 0 radical (unpaired) electrons. The summed E-state index contributed by atoms with van der Waals surface area (Å²) in [4.78, 5) is 11.7. The molecule has 1 aliphatic carbocycles. The Morgan fingerprint density at radius 2 is 2.20 bits per heavy atom. The van der Waals surface area contributed by atoms with Crippen LogP contribution in [0.3, 0.4) is 0 Å². The van der Waals surface area contributed by atoms with Gasteiger partial charge in [-0.3, -0.25) is 4.79 Å². The molecule has 1 aromatic rings. The van der Waals surface area contributed by atoms with E-state index >= 15 is 0 Å². The number of rotatable bonds is 3. The number of hydrogen-bond acceptors (Lipinski definition) is 2. The summed E-state index contributed by atoms with van der Waals surface area (Å²) >= 11 is 0. The Balaban J connectivity index is 2.31. The first-order valence-electron chi connectivity index (χ1n) is 5.61. The molecule has 0 aromatic heterocycles. The molecule has 0 amide bonds. The van der Waals surface area contributed by atoms with Gasteiger partial charge in [-0.1, -0.05) is 19.1 Å². The average molecular weight is 204 g/mol. The smallest absolute Gasteiger partial charge is 0.163 e. The Morgan fingerprint density at radius 1 is 1.33 bits per heavy atom. The minimum absolute atomic E-state index is 0.262. The molecule has 0 unspecified atom stereocenters. The van der Waals surface area contributed by atoms with Gasteiger partial charge >= 0.3 is 0 Å². The first-order chi connectivity index (χ1) is 7.33. The summed E-state index contributed by atoms with van der Waals surface area (Å²) in [6.45, 7) is 2.81. The molecule has 0 saturated carbocycles. The van der Waals surface area contributed by atoms with Crippen molar-refractivity contribution >= 4 is 5.78 Å². The third-order valence-corrected chi connectivity index (χ3v) is 2.73. The highest BCUT2D eigenvalue weighted by atomic mass is 16.5. The van der Waals surface area contributed by atoms with Gasteiger partial charge in [-0.2, -0.15) is 0 Å². The van der Waals surface area contributed by atoms with Gasteiger partial charge in [0.1, 0.15) is 5.75 Å². The van der Waals surface area contributed by atoms with E-state index in [1.807, 2.05) is 18.2 Å². The van der Waals surface area contributed by atoms with E-state index in [-0.39, 0.29) is 5.78 Å². The van der Waals surface area contributed by atoms with E-state index in [1.54, 1.807) is 0 Å². The number of ether oxygens (including phenoxy) is 1. The topological polar surface area (TPSA) is 26.3 Å². The highest BCUT2D eigenvalue weighted by Gasteiger charge is 2.19. The van der Waals surface area contributed by atoms with Crippen LogP contribution >= 0.6 is 0 Å². The van der Waals surface area contributed by atoms with Gasteiger partial charge in [-0.05, 0) is 25.3 Å². The molecule has 2 rings (SSSR count). The molecule has 2 heteroatoms. The fourth-order valence-corrected chi connectivity index (χ4v) is 1.99. The molecule has 2 nitrogen and oxygen atoms in total. The Morgan fingerprint density at radius 3 is 3.00 bits per heavy atom. The predicted molar refractivity (Wildman–Crippen MR) is 59.5 cm³/mol. The molecule has 0 aliphatic heterocycles. The molecule has 1 aliphatic rings. The minimum Gasteiger partial charge on any atom is -0.493 e. The van der Waals surface area contributed by atoms with Crippen LogP contribution in [-0.4, -0.2) is 12.4 Å². The van der Waals surface area contributed by atoms with Gasteiger partial charge in [0.05, 0.1) is 6.61 Å². The third kappa shape index (κ3) is 2.04. The summed E-state index contributed by atoms with van der Waals surface area (Å²) < 4.78 is 5.65. The second-order valence-corrected chi connectivity index (χ2v) is 3.91. The van der Waals surface area contributed by atoms with Crippen LogP contribution in [0.1, 0.15) is 42.1 Å². The minimum atomic E-state index is 0.262. The Hall–Kier alpha value is -1.31. The number of ketones is 1. The van der Waals surface area contributed by atoms with Gasteiger partial charge in [0.2, 0.25) is 0 Å². The van der Waals surface area contributed by atoms with Gasteiger partial charge in [-0.25, -0.2) is 0 Å². The number of hydrogen-bond donors (Lipinski definition) is 0. The largest absolute Gasteiger partial charge is 0.493 e.